The molecule has 0 unspecified atom stereocenters. The minimum Gasteiger partial charge on any atom is -0.340 e. The predicted octanol–water partition coefficient (Wildman–Crippen LogP) is 2.72. The van der Waals surface area contributed by atoms with E-state index >= 15 is 0 Å². The molecule has 14 heavy (non-hydrogen) atoms. The van der Waals surface area contributed by atoms with E-state index in [9.17, 15) is 4.79 Å². The molecule has 1 saturated heterocycles. The minimum atomic E-state index is 0.425. The van der Waals surface area contributed by atoms with Crippen LogP contribution in [-0.2, 0) is 4.79 Å². The number of hydrogen-bond donors (Lipinski definition) is 0. The summed E-state index contributed by atoms with van der Waals surface area (Å²) in [6, 6.07) is 0.592. The summed E-state index contributed by atoms with van der Waals surface area (Å²) in [4.78, 5) is 14.0. The Balaban J connectivity index is 1.95. The van der Waals surface area contributed by atoms with Crippen molar-refractivity contribution >= 4 is 5.91 Å². The largest absolute Gasteiger partial charge is 0.340 e. The molecular formula is C12H21NO. The summed E-state index contributed by atoms with van der Waals surface area (Å²) in [6.07, 6.45) is 10.9. The molecule has 2 nitrogen and oxygen atoms in total. The fraction of sp³-hybridized carbons (Fsp3) is 0.917. The summed E-state index contributed by atoms with van der Waals surface area (Å²) in [5.74, 6) is 0.425. The van der Waals surface area contributed by atoms with E-state index in [2.05, 4.69) is 4.90 Å². The highest BCUT2D eigenvalue weighted by molar-refractivity contribution is 5.76. The molecule has 1 aliphatic heterocycles. The Labute approximate surface area is 86.7 Å². The smallest absolute Gasteiger partial charge is 0.222 e. The van der Waals surface area contributed by atoms with Gasteiger partial charge < -0.3 is 4.90 Å². The Hall–Kier alpha value is -0.530. The van der Waals surface area contributed by atoms with Crippen molar-refractivity contribution in [3.8, 4) is 0 Å². The lowest BCUT2D eigenvalue weighted by atomic mass is 9.94. The number of likely N-dealkylation sites (tertiary alicyclic amines) is 1. The lowest BCUT2D eigenvalue weighted by Gasteiger charge is -2.33. The van der Waals surface area contributed by atoms with Crippen molar-refractivity contribution in [2.24, 2.45) is 0 Å². The molecule has 2 rings (SSSR count). The van der Waals surface area contributed by atoms with E-state index in [1.165, 1.54) is 44.9 Å². The first-order valence-electron chi connectivity index (χ1n) is 6.17. The van der Waals surface area contributed by atoms with E-state index in [0.717, 1.165) is 19.4 Å². The van der Waals surface area contributed by atoms with Gasteiger partial charge in [0, 0.05) is 19.0 Å². The topological polar surface area (TPSA) is 20.3 Å². The zero-order valence-electron chi connectivity index (χ0n) is 9.00. The highest BCUT2D eigenvalue weighted by atomic mass is 16.2. The number of amides is 1. The molecule has 1 heterocycles. The first kappa shape index (κ1) is 10.0. The van der Waals surface area contributed by atoms with Gasteiger partial charge >= 0.3 is 0 Å². The molecule has 1 saturated carbocycles. The summed E-state index contributed by atoms with van der Waals surface area (Å²) >= 11 is 0. The monoisotopic (exact) mass is 195 g/mol. The van der Waals surface area contributed by atoms with Gasteiger partial charge in [-0.05, 0) is 25.7 Å². The van der Waals surface area contributed by atoms with E-state index in [1.807, 2.05) is 0 Å². The third-order valence-electron chi connectivity index (χ3n) is 3.63. The van der Waals surface area contributed by atoms with E-state index in [0.29, 0.717) is 11.9 Å². The molecule has 1 aliphatic carbocycles. The summed E-state index contributed by atoms with van der Waals surface area (Å²) in [7, 11) is 0. The summed E-state index contributed by atoms with van der Waals surface area (Å²) in [6.45, 7) is 1.03. The molecule has 0 bridgehead atoms. The van der Waals surface area contributed by atoms with Crippen molar-refractivity contribution in [1.29, 1.82) is 0 Å². The molecule has 0 atom stereocenters. The second-order valence-electron chi connectivity index (χ2n) is 4.69. The first-order chi connectivity index (χ1) is 6.88. The van der Waals surface area contributed by atoms with Crippen molar-refractivity contribution in [1.82, 2.24) is 4.90 Å². The van der Waals surface area contributed by atoms with Crippen LogP contribution in [0.3, 0.4) is 0 Å². The number of nitrogens with zero attached hydrogens (tertiary/aromatic N) is 1. The van der Waals surface area contributed by atoms with Crippen LogP contribution in [0.5, 0.6) is 0 Å². The molecule has 80 valence electrons. The molecular weight excluding hydrogens is 174 g/mol. The van der Waals surface area contributed by atoms with Gasteiger partial charge in [0.05, 0.1) is 0 Å². The molecule has 0 spiro atoms. The molecule has 1 amide bonds. The van der Waals surface area contributed by atoms with Crippen molar-refractivity contribution in [2.45, 2.75) is 63.8 Å². The van der Waals surface area contributed by atoms with Gasteiger partial charge in [-0.25, -0.2) is 0 Å². The molecule has 0 aromatic heterocycles. The average molecular weight is 195 g/mol. The van der Waals surface area contributed by atoms with Crippen molar-refractivity contribution in [3.05, 3.63) is 0 Å². The van der Waals surface area contributed by atoms with Crippen LogP contribution in [0.4, 0.5) is 0 Å². The third kappa shape index (κ3) is 2.28. The SMILES string of the molecule is O=C1CCCCCN1C1CCCCC1. The first-order valence-corrected chi connectivity index (χ1v) is 6.17. The highest BCUT2D eigenvalue weighted by Crippen LogP contribution is 2.25. The predicted molar refractivity (Wildman–Crippen MR) is 57.1 cm³/mol. The number of rotatable bonds is 1. The second kappa shape index (κ2) is 4.81. The van der Waals surface area contributed by atoms with Gasteiger partial charge in [-0.1, -0.05) is 25.7 Å². The molecule has 2 aliphatic rings. The molecule has 0 aromatic rings. The highest BCUT2D eigenvalue weighted by Gasteiger charge is 2.25. The van der Waals surface area contributed by atoms with Crippen LogP contribution in [0.2, 0.25) is 0 Å². The summed E-state index contributed by atoms with van der Waals surface area (Å²) in [5.41, 5.74) is 0. The Bertz CT molecular complexity index is 196. The van der Waals surface area contributed by atoms with Crippen LogP contribution in [0, 0.1) is 0 Å². The van der Waals surface area contributed by atoms with Crippen LogP contribution < -0.4 is 0 Å². The Morgan fingerprint density at radius 3 is 2.43 bits per heavy atom. The second-order valence-corrected chi connectivity index (χ2v) is 4.69. The van der Waals surface area contributed by atoms with Crippen LogP contribution in [0.1, 0.15) is 57.8 Å². The maximum Gasteiger partial charge on any atom is 0.222 e. The van der Waals surface area contributed by atoms with Gasteiger partial charge in [0.25, 0.3) is 0 Å². The zero-order valence-corrected chi connectivity index (χ0v) is 9.00. The van der Waals surface area contributed by atoms with Crippen molar-refractivity contribution in [2.75, 3.05) is 6.54 Å². The Morgan fingerprint density at radius 2 is 1.64 bits per heavy atom. The lowest BCUT2D eigenvalue weighted by molar-refractivity contribution is -0.133. The quantitative estimate of drug-likeness (QED) is 0.630. The molecule has 0 N–H and O–H groups in total. The van der Waals surface area contributed by atoms with Gasteiger partial charge in [0.15, 0.2) is 0 Å². The molecule has 2 fully saturated rings. The Kier molecular flexibility index (Phi) is 3.44. The number of hydrogen-bond acceptors (Lipinski definition) is 1. The maximum absolute atomic E-state index is 11.8. The lowest BCUT2D eigenvalue weighted by Crippen LogP contribution is -2.41. The van der Waals surface area contributed by atoms with Gasteiger partial charge in [-0.2, -0.15) is 0 Å². The fourth-order valence-corrected chi connectivity index (χ4v) is 2.78. The molecule has 2 heteroatoms. The van der Waals surface area contributed by atoms with Crippen LogP contribution in [-0.4, -0.2) is 23.4 Å². The van der Waals surface area contributed by atoms with Gasteiger partial charge in [0.2, 0.25) is 5.91 Å². The van der Waals surface area contributed by atoms with E-state index in [-0.39, 0.29) is 0 Å². The summed E-state index contributed by atoms with van der Waals surface area (Å²) < 4.78 is 0. The minimum absolute atomic E-state index is 0.425. The van der Waals surface area contributed by atoms with Gasteiger partial charge in [-0.3, -0.25) is 4.79 Å². The standard InChI is InChI=1S/C12H21NO/c14-12-9-5-2-6-10-13(12)11-7-3-1-4-8-11/h11H,1-10H2. The normalized spacial score (nSPS) is 26.3. The summed E-state index contributed by atoms with van der Waals surface area (Å²) in [5, 5.41) is 0. The van der Waals surface area contributed by atoms with Gasteiger partial charge in [-0.15, -0.1) is 0 Å². The van der Waals surface area contributed by atoms with Gasteiger partial charge in [0.1, 0.15) is 0 Å². The van der Waals surface area contributed by atoms with E-state index < -0.39 is 0 Å². The molecule has 0 radical (unpaired) electrons. The third-order valence-corrected chi connectivity index (χ3v) is 3.63. The maximum atomic E-state index is 11.8. The van der Waals surface area contributed by atoms with Crippen molar-refractivity contribution < 1.29 is 4.79 Å². The average Bonchev–Trinajstić information content (AvgIpc) is 2.44. The number of carbonyl (C=O) groups is 1. The van der Waals surface area contributed by atoms with E-state index in [1.54, 1.807) is 0 Å². The van der Waals surface area contributed by atoms with Crippen LogP contribution in [0.25, 0.3) is 0 Å². The number of carbonyl (C=O) groups excluding carboxylic acids is 1. The van der Waals surface area contributed by atoms with Crippen molar-refractivity contribution in [3.63, 3.8) is 0 Å². The van der Waals surface area contributed by atoms with E-state index in [4.69, 9.17) is 0 Å². The Morgan fingerprint density at radius 1 is 0.929 bits per heavy atom. The zero-order chi connectivity index (χ0) is 9.80. The molecule has 0 aromatic carbocycles. The van der Waals surface area contributed by atoms with Crippen LogP contribution in [0.15, 0.2) is 0 Å². The van der Waals surface area contributed by atoms with Crippen LogP contribution >= 0.6 is 0 Å². The fourth-order valence-electron chi connectivity index (χ4n) is 2.78.